The molecule has 2 aliphatic carbocycles. The molecule has 0 spiro atoms. The molecule has 2 saturated carbocycles. The molecule has 3 aliphatic rings. The van der Waals surface area contributed by atoms with E-state index < -0.39 is 5.66 Å². The molecule has 0 aromatic carbocycles. The first-order chi connectivity index (χ1) is 10.1. The van der Waals surface area contributed by atoms with Crippen molar-refractivity contribution in [2.75, 3.05) is 5.43 Å². The largest absolute Gasteiger partial charge is 0.379 e. The van der Waals surface area contributed by atoms with Gasteiger partial charge in [0.1, 0.15) is 5.66 Å². The summed E-state index contributed by atoms with van der Waals surface area (Å²) in [7, 11) is 0. The first kappa shape index (κ1) is 13.2. The zero-order valence-corrected chi connectivity index (χ0v) is 12.3. The van der Waals surface area contributed by atoms with Crippen LogP contribution in [0.1, 0.15) is 44.3 Å². The average molecular weight is 288 g/mol. The zero-order valence-electron chi connectivity index (χ0n) is 12.3. The van der Waals surface area contributed by atoms with E-state index in [1.165, 1.54) is 12.8 Å². The van der Waals surface area contributed by atoms with E-state index in [-0.39, 0.29) is 0 Å². The van der Waals surface area contributed by atoms with Gasteiger partial charge in [0.25, 0.3) is 0 Å². The molecule has 1 unspecified atom stereocenters. The van der Waals surface area contributed by atoms with E-state index in [0.29, 0.717) is 18.0 Å². The standard InChI is InChI=1S/C15H24N6/c16-11-3-1-10(2-4-11)15(17)9-13(19-12-5-6-12)14-18-7-8-21(14)20-15/h7-12,19-20H,1-6,16-17H2. The van der Waals surface area contributed by atoms with Crippen LogP contribution in [-0.4, -0.2) is 27.4 Å². The van der Waals surface area contributed by atoms with Gasteiger partial charge in [0.05, 0.1) is 5.70 Å². The van der Waals surface area contributed by atoms with Gasteiger partial charge >= 0.3 is 0 Å². The molecular formula is C15H24N6. The molecule has 0 bridgehead atoms. The van der Waals surface area contributed by atoms with Gasteiger partial charge in [-0.2, -0.15) is 0 Å². The van der Waals surface area contributed by atoms with E-state index in [1.807, 2.05) is 17.1 Å². The molecule has 2 heterocycles. The second-order valence-corrected chi connectivity index (χ2v) is 6.75. The molecule has 0 radical (unpaired) electrons. The number of hydrogen-bond donors (Lipinski definition) is 4. The highest BCUT2D eigenvalue weighted by atomic mass is 15.5. The van der Waals surface area contributed by atoms with E-state index in [1.54, 1.807) is 0 Å². The lowest BCUT2D eigenvalue weighted by Gasteiger charge is -2.42. The molecule has 2 fully saturated rings. The summed E-state index contributed by atoms with van der Waals surface area (Å²) in [5.41, 5.74) is 16.7. The van der Waals surface area contributed by atoms with Crippen molar-refractivity contribution < 1.29 is 0 Å². The first-order valence-corrected chi connectivity index (χ1v) is 8.00. The highest BCUT2D eigenvalue weighted by molar-refractivity contribution is 5.63. The summed E-state index contributed by atoms with van der Waals surface area (Å²) in [6.07, 6.45) is 12.6. The van der Waals surface area contributed by atoms with E-state index in [4.69, 9.17) is 11.5 Å². The lowest BCUT2D eigenvalue weighted by atomic mass is 9.78. The summed E-state index contributed by atoms with van der Waals surface area (Å²) in [6, 6.07) is 0.925. The van der Waals surface area contributed by atoms with Crippen LogP contribution in [0.3, 0.4) is 0 Å². The molecule has 4 rings (SSSR count). The quantitative estimate of drug-likeness (QED) is 0.657. The summed E-state index contributed by atoms with van der Waals surface area (Å²) in [6.45, 7) is 0. The van der Waals surface area contributed by atoms with E-state index in [9.17, 15) is 0 Å². The zero-order chi connectivity index (χ0) is 14.4. The van der Waals surface area contributed by atoms with Gasteiger partial charge < -0.3 is 22.2 Å². The molecule has 6 N–H and O–H groups in total. The Morgan fingerprint density at radius 1 is 1.24 bits per heavy atom. The van der Waals surface area contributed by atoms with Crippen LogP contribution in [0, 0.1) is 5.92 Å². The fraction of sp³-hybridized carbons (Fsp3) is 0.667. The Balaban J connectivity index is 1.62. The third-order valence-electron chi connectivity index (χ3n) is 4.96. The normalized spacial score (nSPS) is 35.6. The summed E-state index contributed by atoms with van der Waals surface area (Å²) in [5, 5.41) is 3.57. The molecule has 21 heavy (non-hydrogen) atoms. The van der Waals surface area contributed by atoms with E-state index >= 15 is 0 Å². The van der Waals surface area contributed by atoms with Gasteiger partial charge in [-0.3, -0.25) is 0 Å². The van der Waals surface area contributed by atoms with Crippen molar-refractivity contribution in [2.45, 2.75) is 56.3 Å². The van der Waals surface area contributed by atoms with Crippen molar-refractivity contribution in [3.05, 3.63) is 24.3 Å². The fourth-order valence-electron chi connectivity index (χ4n) is 3.50. The maximum Gasteiger partial charge on any atom is 0.174 e. The van der Waals surface area contributed by atoms with Crippen molar-refractivity contribution in [1.82, 2.24) is 15.0 Å². The van der Waals surface area contributed by atoms with Gasteiger partial charge in [-0.05, 0) is 44.6 Å². The van der Waals surface area contributed by atoms with Crippen LogP contribution in [0.5, 0.6) is 0 Å². The van der Waals surface area contributed by atoms with Crippen LogP contribution in [0.2, 0.25) is 0 Å². The Kier molecular flexibility index (Phi) is 2.97. The van der Waals surface area contributed by atoms with Crippen molar-refractivity contribution in [3.63, 3.8) is 0 Å². The molecule has 0 amide bonds. The predicted molar refractivity (Wildman–Crippen MR) is 82.6 cm³/mol. The van der Waals surface area contributed by atoms with E-state index in [0.717, 1.165) is 37.2 Å². The molecule has 1 atom stereocenters. The monoisotopic (exact) mass is 288 g/mol. The minimum absolute atomic E-state index is 0.338. The Morgan fingerprint density at radius 2 is 2.00 bits per heavy atom. The molecule has 6 nitrogen and oxygen atoms in total. The predicted octanol–water partition coefficient (Wildman–Crippen LogP) is 0.706. The highest BCUT2D eigenvalue weighted by Crippen LogP contribution is 2.35. The smallest absolute Gasteiger partial charge is 0.174 e. The van der Waals surface area contributed by atoms with Crippen LogP contribution >= 0.6 is 0 Å². The molecule has 0 saturated heterocycles. The van der Waals surface area contributed by atoms with Gasteiger partial charge in [0.15, 0.2) is 5.82 Å². The van der Waals surface area contributed by atoms with Crippen LogP contribution in [-0.2, 0) is 0 Å². The number of imidazole rings is 1. The Morgan fingerprint density at radius 3 is 2.71 bits per heavy atom. The van der Waals surface area contributed by atoms with Crippen LogP contribution in [0.4, 0.5) is 0 Å². The van der Waals surface area contributed by atoms with Crippen molar-refractivity contribution >= 4 is 5.70 Å². The number of nitrogens with zero attached hydrogens (tertiary/aromatic N) is 2. The maximum atomic E-state index is 6.72. The van der Waals surface area contributed by atoms with Gasteiger partial charge in [-0.1, -0.05) is 0 Å². The summed E-state index contributed by atoms with van der Waals surface area (Å²) in [4.78, 5) is 4.44. The minimum Gasteiger partial charge on any atom is -0.379 e. The van der Waals surface area contributed by atoms with Crippen molar-refractivity contribution in [3.8, 4) is 0 Å². The fourth-order valence-corrected chi connectivity index (χ4v) is 3.50. The number of fused-ring (bicyclic) bond motifs is 1. The maximum absolute atomic E-state index is 6.72. The third-order valence-corrected chi connectivity index (χ3v) is 4.96. The van der Waals surface area contributed by atoms with Crippen molar-refractivity contribution in [2.24, 2.45) is 17.4 Å². The molecule has 1 aromatic rings. The van der Waals surface area contributed by atoms with Gasteiger partial charge in [-0.25, -0.2) is 9.66 Å². The SMILES string of the molecule is NC1CCC(C2(N)C=C(NC3CC3)c3nccn3N2)CC1. The minimum atomic E-state index is -0.523. The van der Waals surface area contributed by atoms with Gasteiger partial charge in [0.2, 0.25) is 0 Å². The number of aromatic nitrogens is 2. The summed E-state index contributed by atoms with van der Waals surface area (Å²) < 4.78 is 1.96. The average Bonchev–Trinajstić information content (AvgIpc) is 3.14. The first-order valence-electron chi connectivity index (χ1n) is 8.00. The molecule has 1 aliphatic heterocycles. The number of nitrogens with one attached hydrogen (secondary N) is 2. The summed E-state index contributed by atoms with van der Waals surface area (Å²) in [5.74, 6) is 1.33. The Hall–Kier alpha value is -1.53. The third kappa shape index (κ3) is 2.42. The second kappa shape index (κ2) is 4.74. The van der Waals surface area contributed by atoms with Crippen molar-refractivity contribution in [1.29, 1.82) is 0 Å². The van der Waals surface area contributed by atoms with Gasteiger partial charge in [-0.15, -0.1) is 0 Å². The second-order valence-electron chi connectivity index (χ2n) is 6.75. The number of hydrogen-bond acceptors (Lipinski definition) is 5. The lowest BCUT2D eigenvalue weighted by Crippen LogP contribution is -2.59. The Bertz CT molecular complexity index is 552. The molecule has 6 heteroatoms. The number of nitrogens with two attached hydrogens (primary N) is 2. The highest BCUT2D eigenvalue weighted by Gasteiger charge is 2.40. The van der Waals surface area contributed by atoms with Gasteiger partial charge in [0, 0.05) is 30.4 Å². The van der Waals surface area contributed by atoms with E-state index in [2.05, 4.69) is 21.8 Å². The number of rotatable bonds is 3. The van der Waals surface area contributed by atoms with Crippen LogP contribution < -0.4 is 22.2 Å². The molecule has 114 valence electrons. The summed E-state index contributed by atoms with van der Waals surface area (Å²) >= 11 is 0. The lowest BCUT2D eigenvalue weighted by molar-refractivity contribution is 0.238. The van der Waals surface area contributed by atoms with Crippen LogP contribution in [0.15, 0.2) is 18.5 Å². The Labute approximate surface area is 124 Å². The molecular weight excluding hydrogens is 264 g/mol. The van der Waals surface area contributed by atoms with Crippen LogP contribution in [0.25, 0.3) is 5.70 Å². The molecule has 1 aromatic heterocycles. The topological polar surface area (TPSA) is 93.9 Å².